The Hall–Kier alpha value is -2.27. The summed E-state index contributed by atoms with van der Waals surface area (Å²) in [7, 11) is 1.96. The molecule has 2 N–H and O–H groups in total. The maximum atomic E-state index is 5.73. The summed E-state index contributed by atoms with van der Waals surface area (Å²) >= 11 is 0. The number of fused-ring (bicyclic) bond motifs is 1. The number of hydrogen-bond acceptors (Lipinski definition) is 5. The van der Waals surface area contributed by atoms with E-state index in [1.54, 1.807) is 0 Å². The highest BCUT2D eigenvalue weighted by Crippen LogP contribution is 2.17. The SMILES string of the molecule is Cc1nnc(CNC(=NCc2ccnc3ccccc23)NCC2CCCO2)n1C.I. The number of benzene rings is 1. The third-order valence-electron chi connectivity index (χ3n) is 5.26. The molecular weight excluding hydrogens is 493 g/mol. The van der Waals surface area contributed by atoms with Crippen LogP contribution in [0.2, 0.25) is 0 Å². The van der Waals surface area contributed by atoms with Crippen molar-refractivity contribution in [2.24, 2.45) is 12.0 Å². The summed E-state index contributed by atoms with van der Waals surface area (Å²) in [6, 6.07) is 10.2. The first-order chi connectivity index (χ1) is 14.2. The topological polar surface area (TPSA) is 89.2 Å². The monoisotopic (exact) mass is 521 g/mol. The van der Waals surface area contributed by atoms with E-state index in [9.17, 15) is 0 Å². The van der Waals surface area contributed by atoms with Crippen LogP contribution in [0, 0.1) is 6.92 Å². The van der Waals surface area contributed by atoms with Crippen molar-refractivity contribution in [3.8, 4) is 0 Å². The molecule has 3 aromatic rings. The van der Waals surface area contributed by atoms with Crippen molar-refractivity contribution in [3.05, 3.63) is 53.7 Å². The molecule has 1 aliphatic heterocycles. The molecule has 1 aliphatic rings. The van der Waals surface area contributed by atoms with Crippen LogP contribution in [0.15, 0.2) is 41.5 Å². The van der Waals surface area contributed by atoms with Crippen molar-refractivity contribution in [1.82, 2.24) is 30.4 Å². The molecule has 1 fully saturated rings. The van der Waals surface area contributed by atoms with E-state index in [0.29, 0.717) is 13.1 Å². The number of aliphatic imine (C=N–C) groups is 1. The number of nitrogens with zero attached hydrogens (tertiary/aromatic N) is 5. The molecule has 0 aliphatic carbocycles. The largest absolute Gasteiger partial charge is 0.376 e. The fourth-order valence-electron chi connectivity index (χ4n) is 3.42. The normalized spacial score (nSPS) is 16.5. The van der Waals surface area contributed by atoms with Gasteiger partial charge in [0.25, 0.3) is 0 Å². The summed E-state index contributed by atoms with van der Waals surface area (Å²) in [5.41, 5.74) is 2.12. The van der Waals surface area contributed by atoms with Gasteiger partial charge in [-0.25, -0.2) is 4.99 Å². The molecule has 1 saturated heterocycles. The van der Waals surface area contributed by atoms with Gasteiger partial charge in [-0.15, -0.1) is 34.2 Å². The van der Waals surface area contributed by atoms with Gasteiger partial charge in [-0.3, -0.25) is 4.98 Å². The second-order valence-electron chi connectivity index (χ2n) is 7.24. The zero-order chi connectivity index (χ0) is 20.1. The lowest BCUT2D eigenvalue weighted by Crippen LogP contribution is -2.41. The molecule has 1 aromatic carbocycles. The smallest absolute Gasteiger partial charge is 0.192 e. The number of aromatic nitrogens is 4. The molecule has 1 atom stereocenters. The predicted octanol–water partition coefficient (Wildman–Crippen LogP) is 2.70. The number of ether oxygens (including phenoxy) is 1. The molecule has 30 heavy (non-hydrogen) atoms. The second kappa shape index (κ2) is 10.7. The number of hydrogen-bond donors (Lipinski definition) is 2. The van der Waals surface area contributed by atoms with Crippen molar-refractivity contribution in [2.45, 2.75) is 39.0 Å². The van der Waals surface area contributed by atoms with Gasteiger partial charge in [-0.05, 0) is 37.5 Å². The van der Waals surface area contributed by atoms with Gasteiger partial charge in [0.2, 0.25) is 0 Å². The van der Waals surface area contributed by atoms with Gasteiger partial charge in [0.05, 0.1) is 24.7 Å². The van der Waals surface area contributed by atoms with E-state index >= 15 is 0 Å². The molecule has 8 nitrogen and oxygen atoms in total. The van der Waals surface area contributed by atoms with Gasteiger partial charge in [0.1, 0.15) is 5.82 Å². The number of aryl methyl sites for hydroxylation is 1. The standard InChI is InChI=1S/C21H27N7O.HI/c1-15-26-27-20(28(15)2)14-25-21(24-13-17-6-5-11-29-17)23-12-16-9-10-22-19-8-4-3-7-18(16)19;/h3-4,7-10,17H,5-6,11-14H2,1-2H3,(H2,23,24,25);1H. The second-order valence-corrected chi connectivity index (χ2v) is 7.24. The lowest BCUT2D eigenvalue weighted by molar-refractivity contribution is 0.113. The highest BCUT2D eigenvalue weighted by atomic mass is 127. The van der Waals surface area contributed by atoms with Crippen LogP contribution < -0.4 is 10.6 Å². The molecule has 4 rings (SSSR count). The Bertz CT molecular complexity index is 993. The van der Waals surface area contributed by atoms with Gasteiger partial charge in [-0.2, -0.15) is 0 Å². The van der Waals surface area contributed by atoms with E-state index in [1.807, 2.05) is 49.0 Å². The van der Waals surface area contributed by atoms with Crippen LogP contribution in [0.5, 0.6) is 0 Å². The van der Waals surface area contributed by atoms with Gasteiger partial charge < -0.3 is 19.9 Å². The quantitative estimate of drug-likeness (QED) is 0.295. The van der Waals surface area contributed by atoms with E-state index in [2.05, 4.69) is 31.9 Å². The average Bonchev–Trinajstić information content (AvgIpc) is 3.38. The Labute approximate surface area is 193 Å². The average molecular weight is 521 g/mol. The summed E-state index contributed by atoms with van der Waals surface area (Å²) in [5, 5.41) is 16.3. The van der Waals surface area contributed by atoms with Crippen LogP contribution >= 0.6 is 24.0 Å². The predicted molar refractivity (Wildman–Crippen MR) is 128 cm³/mol. The molecule has 0 spiro atoms. The van der Waals surface area contributed by atoms with Gasteiger partial charge in [-0.1, -0.05) is 18.2 Å². The van der Waals surface area contributed by atoms with Gasteiger partial charge in [0.15, 0.2) is 11.8 Å². The first-order valence-corrected chi connectivity index (χ1v) is 10.0. The Morgan fingerprint density at radius 2 is 2.10 bits per heavy atom. The van der Waals surface area contributed by atoms with Gasteiger partial charge in [0, 0.05) is 31.8 Å². The van der Waals surface area contributed by atoms with E-state index in [0.717, 1.165) is 60.1 Å². The Balaban J connectivity index is 0.00000256. The molecule has 3 heterocycles. The highest BCUT2D eigenvalue weighted by Gasteiger charge is 2.16. The Morgan fingerprint density at radius 3 is 2.87 bits per heavy atom. The third-order valence-corrected chi connectivity index (χ3v) is 5.26. The summed E-state index contributed by atoms with van der Waals surface area (Å²) in [6.07, 6.45) is 4.27. The van der Waals surface area contributed by atoms with Crippen molar-refractivity contribution >= 4 is 40.8 Å². The van der Waals surface area contributed by atoms with Gasteiger partial charge >= 0.3 is 0 Å². The van der Waals surface area contributed by atoms with Crippen LogP contribution in [0.4, 0.5) is 0 Å². The van der Waals surface area contributed by atoms with Crippen molar-refractivity contribution in [1.29, 1.82) is 0 Å². The fraction of sp³-hybridized carbons (Fsp3) is 0.429. The fourth-order valence-corrected chi connectivity index (χ4v) is 3.42. The van der Waals surface area contributed by atoms with Crippen molar-refractivity contribution in [3.63, 3.8) is 0 Å². The molecule has 0 radical (unpaired) electrons. The van der Waals surface area contributed by atoms with Crippen LogP contribution in [-0.4, -0.2) is 45.0 Å². The first-order valence-electron chi connectivity index (χ1n) is 10.0. The zero-order valence-corrected chi connectivity index (χ0v) is 19.7. The Morgan fingerprint density at radius 1 is 1.23 bits per heavy atom. The number of pyridine rings is 1. The van der Waals surface area contributed by atoms with E-state index in [4.69, 9.17) is 9.73 Å². The van der Waals surface area contributed by atoms with Crippen LogP contribution in [0.3, 0.4) is 0 Å². The number of nitrogens with one attached hydrogen (secondary N) is 2. The highest BCUT2D eigenvalue weighted by molar-refractivity contribution is 14.0. The van der Waals surface area contributed by atoms with Crippen LogP contribution in [0.25, 0.3) is 10.9 Å². The zero-order valence-electron chi connectivity index (χ0n) is 17.3. The molecule has 160 valence electrons. The Kier molecular flexibility index (Phi) is 7.97. The molecule has 2 aromatic heterocycles. The lowest BCUT2D eigenvalue weighted by Gasteiger charge is -2.15. The summed E-state index contributed by atoms with van der Waals surface area (Å²) < 4.78 is 7.70. The lowest BCUT2D eigenvalue weighted by atomic mass is 10.1. The van der Waals surface area contributed by atoms with Crippen LogP contribution in [-0.2, 0) is 24.9 Å². The molecule has 1 unspecified atom stereocenters. The number of para-hydroxylation sites is 1. The molecule has 9 heteroatoms. The van der Waals surface area contributed by atoms with E-state index in [-0.39, 0.29) is 30.1 Å². The minimum atomic E-state index is 0. The molecule has 0 bridgehead atoms. The van der Waals surface area contributed by atoms with E-state index in [1.165, 1.54) is 0 Å². The summed E-state index contributed by atoms with van der Waals surface area (Å²) in [4.78, 5) is 9.24. The summed E-state index contributed by atoms with van der Waals surface area (Å²) in [6.45, 7) is 4.62. The van der Waals surface area contributed by atoms with Crippen LogP contribution in [0.1, 0.15) is 30.1 Å². The maximum absolute atomic E-state index is 5.73. The third kappa shape index (κ3) is 5.45. The first kappa shape index (κ1) is 22.4. The number of halogens is 1. The van der Waals surface area contributed by atoms with Crippen molar-refractivity contribution in [2.75, 3.05) is 13.2 Å². The number of guanidine groups is 1. The molecule has 0 saturated carbocycles. The minimum absolute atomic E-state index is 0. The van der Waals surface area contributed by atoms with E-state index < -0.39 is 0 Å². The molecule has 0 amide bonds. The number of rotatable bonds is 6. The van der Waals surface area contributed by atoms with Crippen molar-refractivity contribution < 1.29 is 4.74 Å². The summed E-state index contributed by atoms with van der Waals surface area (Å²) in [5.74, 6) is 2.49. The maximum Gasteiger partial charge on any atom is 0.192 e. The minimum Gasteiger partial charge on any atom is -0.376 e. The molecular formula is C21H28IN7O.